The van der Waals surface area contributed by atoms with Gasteiger partial charge in [0.25, 0.3) is 0 Å². The quantitative estimate of drug-likeness (QED) is 0.292. The molecule has 4 rings (SSSR count). The fourth-order valence-corrected chi connectivity index (χ4v) is 3.38. The number of ether oxygens (including phenoxy) is 3. The number of nitrogens with two attached hydrogens (primary N) is 1. The fraction of sp³-hybridized carbons (Fsp3) is 0.316. The van der Waals surface area contributed by atoms with Crippen LogP contribution >= 0.6 is 11.6 Å². The minimum atomic E-state index is -0.418. The Morgan fingerprint density at radius 3 is 2.89 bits per heavy atom. The Balaban J connectivity index is 1.29. The Kier molecular flexibility index (Phi) is 5.43. The van der Waals surface area contributed by atoms with E-state index in [-0.39, 0.29) is 24.4 Å². The largest absolute Gasteiger partial charge is 0.435 e. The topological polar surface area (TPSA) is 101 Å². The molecule has 0 bridgehead atoms. The number of carbonyl (C=O) groups excluding carboxylic acids is 1. The van der Waals surface area contributed by atoms with Crippen molar-refractivity contribution in [3.05, 3.63) is 53.4 Å². The van der Waals surface area contributed by atoms with Gasteiger partial charge >= 0.3 is 5.97 Å². The van der Waals surface area contributed by atoms with Crippen LogP contribution in [0.25, 0.3) is 11.0 Å². The second-order valence-corrected chi connectivity index (χ2v) is 6.75. The van der Waals surface area contributed by atoms with Gasteiger partial charge < -0.3 is 24.5 Å². The van der Waals surface area contributed by atoms with Crippen molar-refractivity contribution >= 4 is 34.4 Å². The summed E-state index contributed by atoms with van der Waals surface area (Å²) >= 11 is 5.92. The van der Waals surface area contributed by atoms with E-state index in [4.69, 9.17) is 31.5 Å². The van der Waals surface area contributed by atoms with E-state index in [2.05, 4.69) is 9.97 Å². The minimum absolute atomic E-state index is 0.100. The molecule has 9 heteroatoms. The second-order valence-electron chi connectivity index (χ2n) is 6.41. The van der Waals surface area contributed by atoms with E-state index in [1.807, 2.05) is 22.9 Å². The molecule has 146 valence electrons. The molecule has 1 fully saturated rings. The highest BCUT2D eigenvalue weighted by Gasteiger charge is 2.28. The summed E-state index contributed by atoms with van der Waals surface area (Å²) in [6.45, 7) is 0.208. The van der Waals surface area contributed by atoms with Crippen LogP contribution in [0, 0.1) is 0 Å². The van der Waals surface area contributed by atoms with Gasteiger partial charge in [0.1, 0.15) is 17.7 Å². The third-order valence-corrected chi connectivity index (χ3v) is 4.73. The molecule has 3 heterocycles. The zero-order valence-electron chi connectivity index (χ0n) is 15.0. The van der Waals surface area contributed by atoms with Crippen LogP contribution in [-0.4, -0.2) is 40.0 Å². The van der Waals surface area contributed by atoms with Crippen molar-refractivity contribution in [3.63, 3.8) is 0 Å². The first-order valence-electron chi connectivity index (χ1n) is 8.87. The summed E-state index contributed by atoms with van der Waals surface area (Å²) in [6.07, 6.45) is 3.17. The van der Waals surface area contributed by atoms with Crippen LogP contribution in [0.2, 0.25) is 5.28 Å². The van der Waals surface area contributed by atoms with Crippen LogP contribution in [0.5, 0.6) is 0 Å². The highest BCUT2D eigenvalue weighted by Crippen LogP contribution is 2.32. The van der Waals surface area contributed by atoms with E-state index in [1.54, 1.807) is 24.3 Å². The van der Waals surface area contributed by atoms with Crippen molar-refractivity contribution in [1.29, 1.82) is 0 Å². The monoisotopic (exact) mass is 402 g/mol. The highest BCUT2D eigenvalue weighted by molar-refractivity contribution is 6.28. The fourth-order valence-electron chi connectivity index (χ4n) is 3.21. The van der Waals surface area contributed by atoms with E-state index >= 15 is 0 Å². The number of aromatic nitrogens is 3. The molecule has 28 heavy (non-hydrogen) atoms. The lowest BCUT2D eigenvalue weighted by atomic mass is 10.2. The van der Waals surface area contributed by atoms with E-state index in [0.29, 0.717) is 23.6 Å². The predicted molar refractivity (Wildman–Crippen MR) is 103 cm³/mol. The van der Waals surface area contributed by atoms with Crippen molar-refractivity contribution in [3.8, 4) is 0 Å². The number of esters is 1. The molecule has 2 aromatic heterocycles. The number of fused-ring (bicyclic) bond motifs is 1. The molecule has 0 aliphatic carbocycles. The third-order valence-electron chi connectivity index (χ3n) is 4.56. The summed E-state index contributed by atoms with van der Waals surface area (Å²) in [5, 5.41) is 0.837. The van der Waals surface area contributed by atoms with E-state index in [1.165, 1.54) is 0 Å². The molecule has 3 aromatic rings. The first-order chi connectivity index (χ1) is 13.6. The Bertz CT molecular complexity index is 979. The van der Waals surface area contributed by atoms with Crippen molar-refractivity contribution in [2.24, 2.45) is 0 Å². The second kappa shape index (κ2) is 8.14. The summed E-state index contributed by atoms with van der Waals surface area (Å²) < 4.78 is 18.5. The van der Waals surface area contributed by atoms with Crippen LogP contribution in [-0.2, 0) is 14.2 Å². The summed E-state index contributed by atoms with van der Waals surface area (Å²) in [5.41, 5.74) is 7.02. The zero-order chi connectivity index (χ0) is 19.5. The zero-order valence-corrected chi connectivity index (χ0v) is 15.7. The van der Waals surface area contributed by atoms with Gasteiger partial charge in [-0.05, 0) is 42.6 Å². The highest BCUT2D eigenvalue weighted by atomic mass is 35.5. The molecular weight excluding hydrogens is 384 g/mol. The molecule has 1 aliphatic heterocycles. The lowest BCUT2D eigenvalue weighted by molar-refractivity contribution is -0.0815. The van der Waals surface area contributed by atoms with Gasteiger partial charge in [0, 0.05) is 6.20 Å². The van der Waals surface area contributed by atoms with Gasteiger partial charge in [-0.1, -0.05) is 18.2 Å². The van der Waals surface area contributed by atoms with Gasteiger partial charge in [-0.25, -0.2) is 9.78 Å². The Morgan fingerprint density at radius 2 is 2.07 bits per heavy atom. The predicted octanol–water partition coefficient (Wildman–Crippen LogP) is 3.18. The number of hydrogen-bond donors (Lipinski definition) is 1. The third kappa shape index (κ3) is 3.94. The van der Waals surface area contributed by atoms with Crippen LogP contribution in [0.1, 0.15) is 29.4 Å². The smallest absolute Gasteiger partial charge is 0.340 e. The summed E-state index contributed by atoms with van der Waals surface area (Å²) in [7, 11) is 0. The van der Waals surface area contributed by atoms with Gasteiger partial charge in [0.2, 0.25) is 5.28 Å². The Hall–Kier alpha value is -2.68. The first-order valence-corrected chi connectivity index (χ1v) is 9.24. The van der Waals surface area contributed by atoms with E-state index < -0.39 is 5.97 Å². The summed E-state index contributed by atoms with van der Waals surface area (Å²) in [4.78, 5) is 20.1. The molecule has 0 unspecified atom stereocenters. The minimum Gasteiger partial charge on any atom is -0.435 e. The normalized spacial score (nSPS) is 19.2. The number of carbonyl (C=O) groups is 1. The Morgan fingerprint density at radius 1 is 1.25 bits per heavy atom. The van der Waals surface area contributed by atoms with Crippen LogP contribution < -0.4 is 5.73 Å². The number of nitrogens with zero attached hydrogens (tertiary/aromatic N) is 3. The SMILES string of the molecule is Nc1nc(Cl)nc2c1ccn2[C@H]1CC[C@@H](COCOC(=O)c2ccccc2)O1. The van der Waals surface area contributed by atoms with Gasteiger partial charge in [-0.15, -0.1) is 0 Å². The molecule has 0 spiro atoms. The van der Waals surface area contributed by atoms with Crippen LogP contribution in [0.3, 0.4) is 0 Å². The first kappa shape index (κ1) is 18.7. The van der Waals surface area contributed by atoms with Gasteiger partial charge in [-0.2, -0.15) is 4.98 Å². The number of rotatable bonds is 6. The molecule has 1 saturated heterocycles. The van der Waals surface area contributed by atoms with E-state index in [0.717, 1.165) is 18.2 Å². The Labute approximate surface area is 166 Å². The molecular formula is C19H19ClN4O4. The molecule has 0 saturated carbocycles. The number of nitrogen functional groups attached to an aromatic ring is 1. The number of hydrogen-bond acceptors (Lipinski definition) is 7. The van der Waals surface area contributed by atoms with E-state index in [9.17, 15) is 4.79 Å². The number of anilines is 1. The van der Waals surface area contributed by atoms with Gasteiger partial charge in [-0.3, -0.25) is 0 Å². The molecule has 2 atom stereocenters. The van der Waals surface area contributed by atoms with Crippen LogP contribution in [0.15, 0.2) is 42.6 Å². The van der Waals surface area contributed by atoms with Gasteiger partial charge in [0.15, 0.2) is 6.79 Å². The standard InChI is InChI=1S/C19H19ClN4O4/c20-19-22-16(21)14-8-9-24(17(14)23-19)15-7-6-13(28-15)10-26-11-27-18(25)12-4-2-1-3-5-12/h1-5,8-9,13,15H,6-7,10-11H2,(H2,21,22,23)/t13-,15+/m0/s1. The molecule has 1 aliphatic rings. The lowest BCUT2D eigenvalue weighted by Crippen LogP contribution is -2.19. The molecule has 0 radical (unpaired) electrons. The molecule has 0 amide bonds. The van der Waals surface area contributed by atoms with Crippen molar-refractivity contribution in [1.82, 2.24) is 14.5 Å². The van der Waals surface area contributed by atoms with Crippen molar-refractivity contribution in [2.45, 2.75) is 25.2 Å². The maximum Gasteiger partial charge on any atom is 0.340 e. The summed E-state index contributed by atoms with van der Waals surface area (Å²) in [6, 6.07) is 10.6. The van der Waals surface area contributed by atoms with Gasteiger partial charge in [0.05, 0.1) is 23.7 Å². The molecule has 1 aromatic carbocycles. The average Bonchev–Trinajstić information content (AvgIpc) is 3.32. The average molecular weight is 403 g/mol. The van der Waals surface area contributed by atoms with Crippen molar-refractivity contribution in [2.75, 3.05) is 19.1 Å². The van der Waals surface area contributed by atoms with Crippen LogP contribution in [0.4, 0.5) is 5.82 Å². The lowest BCUT2D eigenvalue weighted by Gasteiger charge is -2.16. The van der Waals surface area contributed by atoms with Crippen molar-refractivity contribution < 1.29 is 19.0 Å². The number of halogens is 1. The summed E-state index contributed by atoms with van der Waals surface area (Å²) in [5.74, 6) is -0.0781. The number of benzene rings is 1. The molecule has 8 nitrogen and oxygen atoms in total. The molecule has 2 N–H and O–H groups in total. The maximum absolute atomic E-state index is 11.9. The maximum atomic E-state index is 11.9.